The van der Waals surface area contributed by atoms with Crippen LogP contribution in [0.5, 0.6) is 5.75 Å². The second kappa shape index (κ2) is 5.38. The molecule has 1 heterocycles. The Bertz CT molecular complexity index is 492. The summed E-state index contributed by atoms with van der Waals surface area (Å²) in [5, 5.41) is 10.3. The van der Waals surface area contributed by atoms with Crippen molar-refractivity contribution in [3.8, 4) is 5.75 Å². The van der Waals surface area contributed by atoms with Gasteiger partial charge in [-0.2, -0.15) is 0 Å². The Hall–Kier alpha value is -1.06. The van der Waals surface area contributed by atoms with Crippen LogP contribution in [0.15, 0.2) is 12.1 Å². The van der Waals surface area contributed by atoms with Crippen molar-refractivity contribution < 1.29 is 5.11 Å². The van der Waals surface area contributed by atoms with Crippen LogP contribution in [-0.2, 0) is 0 Å². The highest BCUT2D eigenvalue weighted by molar-refractivity contribution is 5.51. The molecule has 1 aliphatic heterocycles. The van der Waals surface area contributed by atoms with Crippen LogP contribution in [0.1, 0.15) is 54.8 Å². The number of likely N-dealkylation sites (tertiary alicyclic amines) is 1. The summed E-state index contributed by atoms with van der Waals surface area (Å²) < 4.78 is 0. The molecule has 1 fully saturated rings. The Morgan fingerprint density at radius 2 is 1.95 bits per heavy atom. The molecule has 0 bridgehead atoms. The van der Waals surface area contributed by atoms with Crippen molar-refractivity contribution in [1.29, 1.82) is 0 Å². The van der Waals surface area contributed by atoms with E-state index in [0.29, 0.717) is 23.6 Å². The SMILES string of the molecule is Cc1ccc(O)c2c1C(C)CC2N1CCC(CN)CC1. The standard InChI is InChI=1S/C17H26N2O/c1-11-3-4-15(20)17-14(9-12(2)16(11)17)19-7-5-13(10-18)6-8-19/h3-4,12-14,20H,5-10,18H2,1-2H3. The third-order valence-corrected chi connectivity index (χ3v) is 5.31. The van der Waals surface area contributed by atoms with Gasteiger partial charge in [0.05, 0.1) is 0 Å². The zero-order valence-corrected chi connectivity index (χ0v) is 12.6. The Labute approximate surface area is 121 Å². The van der Waals surface area contributed by atoms with Gasteiger partial charge in [-0.3, -0.25) is 4.90 Å². The molecule has 2 atom stereocenters. The third kappa shape index (κ3) is 2.23. The number of aromatic hydroxyl groups is 1. The van der Waals surface area contributed by atoms with E-state index in [1.807, 2.05) is 12.1 Å². The molecule has 20 heavy (non-hydrogen) atoms. The molecule has 1 aliphatic carbocycles. The Morgan fingerprint density at radius 3 is 2.60 bits per heavy atom. The van der Waals surface area contributed by atoms with Gasteiger partial charge >= 0.3 is 0 Å². The minimum atomic E-state index is 0.402. The lowest BCUT2D eigenvalue weighted by Crippen LogP contribution is -2.38. The lowest BCUT2D eigenvalue weighted by Gasteiger charge is -2.36. The fraction of sp³-hybridized carbons (Fsp3) is 0.647. The van der Waals surface area contributed by atoms with E-state index in [2.05, 4.69) is 18.7 Å². The number of benzene rings is 1. The maximum Gasteiger partial charge on any atom is 0.120 e. The molecule has 0 amide bonds. The maximum atomic E-state index is 10.3. The summed E-state index contributed by atoms with van der Waals surface area (Å²) in [7, 11) is 0. The van der Waals surface area contributed by atoms with E-state index in [1.54, 1.807) is 0 Å². The number of hydrogen-bond acceptors (Lipinski definition) is 3. The topological polar surface area (TPSA) is 49.5 Å². The lowest BCUT2D eigenvalue weighted by molar-refractivity contribution is 0.130. The van der Waals surface area contributed by atoms with E-state index < -0.39 is 0 Å². The fourth-order valence-corrected chi connectivity index (χ4v) is 4.14. The van der Waals surface area contributed by atoms with Gasteiger partial charge in [-0.15, -0.1) is 0 Å². The number of nitrogens with two attached hydrogens (primary N) is 1. The predicted octanol–water partition coefficient (Wildman–Crippen LogP) is 2.92. The fourth-order valence-electron chi connectivity index (χ4n) is 4.14. The Kier molecular flexibility index (Phi) is 3.74. The smallest absolute Gasteiger partial charge is 0.120 e. The van der Waals surface area contributed by atoms with Crippen molar-refractivity contribution in [2.24, 2.45) is 11.7 Å². The second-order valence-electron chi connectivity index (χ2n) is 6.60. The first kappa shape index (κ1) is 13.9. The molecule has 3 N–H and O–H groups in total. The Morgan fingerprint density at radius 1 is 1.25 bits per heavy atom. The number of nitrogens with zero attached hydrogens (tertiary/aromatic N) is 1. The molecule has 3 nitrogen and oxygen atoms in total. The molecule has 1 aromatic carbocycles. The molecule has 1 saturated heterocycles. The van der Waals surface area contributed by atoms with E-state index in [-0.39, 0.29) is 0 Å². The molecule has 2 unspecified atom stereocenters. The normalized spacial score (nSPS) is 27.8. The molecule has 0 aromatic heterocycles. The van der Waals surface area contributed by atoms with E-state index >= 15 is 0 Å². The van der Waals surface area contributed by atoms with Crippen LogP contribution < -0.4 is 5.73 Å². The highest BCUT2D eigenvalue weighted by Crippen LogP contribution is 2.49. The van der Waals surface area contributed by atoms with Gasteiger partial charge in [0.1, 0.15) is 5.75 Å². The number of fused-ring (bicyclic) bond motifs is 1. The number of piperidine rings is 1. The first-order chi connectivity index (χ1) is 9.61. The average Bonchev–Trinajstić information content (AvgIpc) is 2.82. The maximum absolute atomic E-state index is 10.3. The number of hydrogen-bond donors (Lipinski definition) is 2. The summed E-state index contributed by atoms with van der Waals surface area (Å²) in [5.41, 5.74) is 9.69. The van der Waals surface area contributed by atoms with Crippen LogP contribution in [0.2, 0.25) is 0 Å². The molecular weight excluding hydrogens is 248 g/mol. The van der Waals surface area contributed by atoms with E-state index in [0.717, 1.165) is 26.1 Å². The molecule has 0 saturated carbocycles. The molecule has 3 rings (SSSR count). The number of phenolic OH excluding ortho intramolecular Hbond substituents is 1. The Balaban J connectivity index is 1.86. The predicted molar refractivity (Wildman–Crippen MR) is 82.0 cm³/mol. The van der Waals surface area contributed by atoms with Crippen LogP contribution in [0, 0.1) is 12.8 Å². The summed E-state index contributed by atoms with van der Waals surface area (Å²) in [6.07, 6.45) is 3.54. The van der Waals surface area contributed by atoms with Crippen molar-refractivity contribution in [3.63, 3.8) is 0 Å². The van der Waals surface area contributed by atoms with Crippen molar-refractivity contribution in [2.75, 3.05) is 19.6 Å². The number of phenols is 1. The third-order valence-electron chi connectivity index (χ3n) is 5.31. The molecular formula is C17H26N2O. The van der Waals surface area contributed by atoms with Gasteiger partial charge in [0, 0.05) is 11.6 Å². The van der Waals surface area contributed by atoms with E-state index in [4.69, 9.17) is 5.73 Å². The molecule has 1 aromatic rings. The molecule has 2 aliphatic rings. The van der Waals surface area contributed by atoms with Gasteiger partial charge in [-0.1, -0.05) is 13.0 Å². The molecule has 110 valence electrons. The van der Waals surface area contributed by atoms with Gasteiger partial charge in [0.2, 0.25) is 0 Å². The monoisotopic (exact) mass is 274 g/mol. The van der Waals surface area contributed by atoms with Crippen LogP contribution in [-0.4, -0.2) is 29.6 Å². The summed E-state index contributed by atoms with van der Waals surface area (Å²) >= 11 is 0. The summed E-state index contributed by atoms with van der Waals surface area (Å²) in [4.78, 5) is 2.56. The highest BCUT2D eigenvalue weighted by atomic mass is 16.3. The second-order valence-corrected chi connectivity index (χ2v) is 6.60. The van der Waals surface area contributed by atoms with Crippen molar-refractivity contribution in [3.05, 3.63) is 28.8 Å². The zero-order valence-electron chi connectivity index (χ0n) is 12.6. The zero-order chi connectivity index (χ0) is 14.3. The van der Waals surface area contributed by atoms with Gasteiger partial charge in [0.25, 0.3) is 0 Å². The van der Waals surface area contributed by atoms with Crippen molar-refractivity contribution in [2.45, 2.75) is 45.1 Å². The van der Waals surface area contributed by atoms with Crippen LogP contribution in [0.3, 0.4) is 0 Å². The quantitative estimate of drug-likeness (QED) is 0.872. The summed E-state index contributed by atoms with van der Waals surface area (Å²) in [6, 6.07) is 4.32. The number of aryl methyl sites for hydroxylation is 1. The number of rotatable bonds is 2. The van der Waals surface area contributed by atoms with Gasteiger partial charge < -0.3 is 10.8 Å². The minimum Gasteiger partial charge on any atom is -0.508 e. The first-order valence-electron chi connectivity index (χ1n) is 7.88. The first-order valence-corrected chi connectivity index (χ1v) is 7.88. The van der Waals surface area contributed by atoms with Gasteiger partial charge in [-0.05, 0) is 74.8 Å². The lowest BCUT2D eigenvalue weighted by atomic mass is 9.94. The van der Waals surface area contributed by atoms with E-state index in [9.17, 15) is 5.11 Å². The van der Waals surface area contributed by atoms with Gasteiger partial charge in [-0.25, -0.2) is 0 Å². The van der Waals surface area contributed by atoms with E-state index in [1.165, 1.54) is 29.5 Å². The average molecular weight is 274 g/mol. The van der Waals surface area contributed by atoms with Crippen molar-refractivity contribution >= 4 is 0 Å². The molecule has 0 spiro atoms. The highest BCUT2D eigenvalue weighted by Gasteiger charge is 2.36. The largest absolute Gasteiger partial charge is 0.508 e. The summed E-state index contributed by atoms with van der Waals surface area (Å²) in [5.74, 6) is 1.73. The van der Waals surface area contributed by atoms with Crippen molar-refractivity contribution in [1.82, 2.24) is 4.90 Å². The molecule has 3 heteroatoms. The summed E-state index contributed by atoms with van der Waals surface area (Å²) in [6.45, 7) is 7.50. The van der Waals surface area contributed by atoms with Crippen LogP contribution >= 0.6 is 0 Å². The van der Waals surface area contributed by atoms with Crippen LogP contribution in [0.25, 0.3) is 0 Å². The van der Waals surface area contributed by atoms with Gasteiger partial charge in [0.15, 0.2) is 0 Å². The molecule has 0 radical (unpaired) electrons. The minimum absolute atomic E-state index is 0.402. The van der Waals surface area contributed by atoms with Crippen LogP contribution in [0.4, 0.5) is 0 Å².